The lowest BCUT2D eigenvalue weighted by atomic mass is 10.00. The Balaban J connectivity index is 1.58. The molecule has 0 amide bonds. The van der Waals surface area contributed by atoms with Crippen molar-refractivity contribution in [2.24, 2.45) is 5.92 Å². The first-order chi connectivity index (χ1) is 11.3. The van der Waals surface area contributed by atoms with Gasteiger partial charge in [0, 0.05) is 17.2 Å². The van der Waals surface area contributed by atoms with Crippen LogP contribution in [-0.2, 0) is 12.8 Å². The van der Waals surface area contributed by atoms with Gasteiger partial charge in [-0.2, -0.15) is 0 Å². The highest BCUT2D eigenvalue weighted by Gasteiger charge is 2.14. The largest absolute Gasteiger partial charge is 0.241 e. The molecule has 0 aliphatic heterocycles. The number of thiophene rings is 1. The molecule has 1 atom stereocenters. The number of hydrogen-bond acceptors (Lipinski definition) is 3. The fraction of sp³-hybridized carbons (Fsp3) is 0.150. The number of hydrogen-bond donors (Lipinski definition) is 0. The summed E-state index contributed by atoms with van der Waals surface area (Å²) in [6.07, 6.45) is 7.58. The summed E-state index contributed by atoms with van der Waals surface area (Å²) in [6.45, 7) is 0. The summed E-state index contributed by atoms with van der Waals surface area (Å²) in [5, 5.41) is 6.00. The van der Waals surface area contributed by atoms with Crippen LogP contribution in [0.15, 0.2) is 53.9 Å². The van der Waals surface area contributed by atoms with E-state index in [2.05, 4.69) is 53.8 Å². The van der Waals surface area contributed by atoms with Crippen LogP contribution in [0.1, 0.15) is 9.88 Å². The quantitative estimate of drug-likeness (QED) is 0.446. The predicted molar refractivity (Wildman–Crippen MR) is 101 cm³/mol. The summed E-state index contributed by atoms with van der Waals surface area (Å²) in [6, 6.07) is 16.8. The highest BCUT2D eigenvalue weighted by molar-refractivity contribution is 7.18. The summed E-state index contributed by atoms with van der Waals surface area (Å²) >= 11 is 3.56. The van der Waals surface area contributed by atoms with E-state index in [9.17, 15) is 0 Å². The van der Waals surface area contributed by atoms with Crippen LogP contribution < -0.4 is 0 Å². The maximum absolute atomic E-state index is 5.81. The Kier molecular flexibility index (Phi) is 3.87. The molecule has 1 unspecified atom stereocenters. The highest BCUT2D eigenvalue weighted by atomic mass is 32.1. The molecule has 2 aromatic carbocycles. The molecule has 2 aromatic heterocycles. The number of rotatable bonds is 4. The van der Waals surface area contributed by atoms with Gasteiger partial charge in [0.25, 0.3) is 0 Å². The number of thiazole rings is 1. The third-order valence-electron chi connectivity index (χ3n) is 4.02. The molecule has 2 heterocycles. The van der Waals surface area contributed by atoms with Crippen LogP contribution in [0.5, 0.6) is 0 Å². The predicted octanol–water partition coefficient (Wildman–Crippen LogP) is 5.55. The van der Waals surface area contributed by atoms with E-state index in [1.165, 1.54) is 20.3 Å². The van der Waals surface area contributed by atoms with Gasteiger partial charge in [0.1, 0.15) is 0 Å². The van der Waals surface area contributed by atoms with Gasteiger partial charge in [-0.15, -0.1) is 35.0 Å². The third-order valence-corrected chi connectivity index (χ3v) is 6.12. The Morgan fingerprint density at radius 3 is 2.74 bits per heavy atom. The van der Waals surface area contributed by atoms with E-state index in [0.717, 1.165) is 23.4 Å². The maximum Gasteiger partial charge on any atom is 0.0951 e. The monoisotopic (exact) mass is 333 g/mol. The standard InChI is InChI=1S/C20H15NS2/c1-2-14(11-19-16-8-4-3-7-15(16)13-22-19)12-20-21-17-9-5-6-10-18(17)23-20/h1,3-10,13-14H,11-12H2. The lowest BCUT2D eigenvalue weighted by Crippen LogP contribution is -2.04. The summed E-state index contributed by atoms with van der Waals surface area (Å²) in [7, 11) is 0. The SMILES string of the molecule is C#CC(Cc1nc2ccccc2s1)Cc1scc2ccccc12. The molecule has 0 bridgehead atoms. The lowest BCUT2D eigenvalue weighted by Gasteiger charge is -2.07. The minimum Gasteiger partial charge on any atom is -0.241 e. The molecular weight excluding hydrogens is 318 g/mol. The molecule has 0 fully saturated rings. The molecule has 0 radical (unpaired) electrons. The first kappa shape index (κ1) is 14.4. The number of benzene rings is 2. The number of para-hydroxylation sites is 1. The van der Waals surface area contributed by atoms with Gasteiger partial charge in [0.05, 0.1) is 15.2 Å². The Morgan fingerprint density at radius 2 is 1.87 bits per heavy atom. The van der Waals surface area contributed by atoms with Gasteiger partial charge < -0.3 is 0 Å². The van der Waals surface area contributed by atoms with Crippen molar-refractivity contribution in [2.45, 2.75) is 12.8 Å². The van der Waals surface area contributed by atoms with Crippen LogP contribution in [0.3, 0.4) is 0 Å². The minimum atomic E-state index is 0.192. The average molecular weight is 333 g/mol. The molecule has 0 saturated heterocycles. The van der Waals surface area contributed by atoms with Crippen LogP contribution in [0.2, 0.25) is 0 Å². The molecule has 112 valence electrons. The number of nitrogens with zero attached hydrogens (tertiary/aromatic N) is 1. The number of fused-ring (bicyclic) bond motifs is 2. The normalized spacial score (nSPS) is 12.5. The smallest absolute Gasteiger partial charge is 0.0951 e. The Labute approximate surface area is 143 Å². The third kappa shape index (κ3) is 2.88. The van der Waals surface area contributed by atoms with Gasteiger partial charge in [0.15, 0.2) is 0 Å². The van der Waals surface area contributed by atoms with Crippen LogP contribution in [0.4, 0.5) is 0 Å². The molecule has 1 nitrogen and oxygen atoms in total. The minimum absolute atomic E-state index is 0.192. The van der Waals surface area contributed by atoms with Crippen LogP contribution in [-0.4, -0.2) is 4.98 Å². The summed E-state index contributed by atoms with van der Waals surface area (Å²) in [4.78, 5) is 6.10. The molecule has 23 heavy (non-hydrogen) atoms. The van der Waals surface area contributed by atoms with E-state index in [0.29, 0.717) is 0 Å². The van der Waals surface area contributed by atoms with Gasteiger partial charge in [-0.05, 0) is 34.7 Å². The second-order valence-electron chi connectivity index (χ2n) is 5.59. The van der Waals surface area contributed by atoms with Crippen LogP contribution >= 0.6 is 22.7 Å². The van der Waals surface area contributed by atoms with Crippen molar-refractivity contribution in [3.63, 3.8) is 0 Å². The van der Waals surface area contributed by atoms with Crippen molar-refractivity contribution in [1.29, 1.82) is 0 Å². The van der Waals surface area contributed by atoms with Crippen molar-refractivity contribution >= 4 is 43.7 Å². The van der Waals surface area contributed by atoms with E-state index >= 15 is 0 Å². The van der Waals surface area contributed by atoms with Crippen molar-refractivity contribution in [2.75, 3.05) is 0 Å². The van der Waals surface area contributed by atoms with Crippen molar-refractivity contribution in [3.05, 3.63) is 63.8 Å². The summed E-state index contributed by atoms with van der Waals surface area (Å²) < 4.78 is 1.24. The average Bonchev–Trinajstić information content (AvgIpc) is 3.18. The molecule has 0 saturated carbocycles. The van der Waals surface area contributed by atoms with Crippen molar-refractivity contribution < 1.29 is 0 Å². The molecule has 0 aliphatic carbocycles. The maximum atomic E-state index is 5.81. The Morgan fingerprint density at radius 1 is 1.04 bits per heavy atom. The van der Waals surface area contributed by atoms with Gasteiger partial charge in [-0.1, -0.05) is 36.4 Å². The zero-order valence-corrected chi connectivity index (χ0v) is 14.2. The topological polar surface area (TPSA) is 12.9 Å². The molecule has 0 aliphatic rings. The lowest BCUT2D eigenvalue weighted by molar-refractivity contribution is 0.674. The van der Waals surface area contributed by atoms with Crippen molar-refractivity contribution in [3.8, 4) is 12.3 Å². The van der Waals surface area contributed by atoms with E-state index in [1.807, 2.05) is 17.4 Å². The first-order valence-corrected chi connectivity index (χ1v) is 9.29. The zero-order valence-electron chi connectivity index (χ0n) is 12.5. The van der Waals surface area contributed by atoms with E-state index in [-0.39, 0.29) is 5.92 Å². The van der Waals surface area contributed by atoms with Gasteiger partial charge in [-0.3, -0.25) is 0 Å². The number of aromatic nitrogens is 1. The Hall–Kier alpha value is -2.15. The van der Waals surface area contributed by atoms with Crippen LogP contribution in [0, 0.1) is 18.3 Å². The second kappa shape index (κ2) is 6.16. The molecule has 3 heteroatoms. The fourth-order valence-corrected chi connectivity index (χ4v) is 4.97. The van der Waals surface area contributed by atoms with Crippen molar-refractivity contribution in [1.82, 2.24) is 4.98 Å². The van der Waals surface area contributed by atoms with Crippen LogP contribution in [0.25, 0.3) is 21.0 Å². The van der Waals surface area contributed by atoms with E-state index in [4.69, 9.17) is 11.4 Å². The fourth-order valence-electron chi connectivity index (χ4n) is 2.84. The van der Waals surface area contributed by atoms with Gasteiger partial charge >= 0.3 is 0 Å². The second-order valence-corrected chi connectivity index (χ2v) is 7.67. The molecule has 0 spiro atoms. The molecule has 0 N–H and O–H groups in total. The first-order valence-electron chi connectivity index (χ1n) is 7.59. The molecule has 4 aromatic rings. The molecule has 4 rings (SSSR count). The summed E-state index contributed by atoms with van der Waals surface area (Å²) in [5.74, 6) is 3.16. The number of terminal acetylenes is 1. The van der Waals surface area contributed by atoms with E-state index in [1.54, 1.807) is 11.3 Å². The summed E-state index contributed by atoms with van der Waals surface area (Å²) in [5.41, 5.74) is 1.07. The Bertz CT molecular complexity index is 970. The zero-order chi connectivity index (χ0) is 15.6. The molecular formula is C20H15NS2. The van der Waals surface area contributed by atoms with Gasteiger partial charge in [-0.25, -0.2) is 4.98 Å². The highest BCUT2D eigenvalue weighted by Crippen LogP contribution is 2.30. The van der Waals surface area contributed by atoms with Gasteiger partial charge in [0.2, 0.25) is 0 Å². The van der Waals surface area contributed by atoms with E-state index < -0.39 is 0 Å².